The summed E-state index contributed by atoms with van der Waals surface area (Å²) in [4.78, 5) is 91.3. The molecule has 0 saturated carbocycles. The van der Waals surface area contributed by atoms with Gasteiger partial charge in [-0.15, -0.1) is 0 Å². The van der Waals surface area contributed by atoms with Crippen molar-refractivity contribution in [3.8, 4) is 0 Å². The Hall–Kier alpha value is -4.83. The maximum Gasteiger partial charge on any atom is 0.310 e. The van der Waals surface area contributed by atoms with Crippen LogP contribution < -0.4 is 11.5 Å². The molecule has 0 aliphatic heterocycles. The van der Waals surface area contributed by atoms with Gasteiger partial charge in [-0.05, 0) is 97.0 Å². The molecule has 2 atom stereocenters. The smallest absolute Gasteiger partial charge is 0.310 e. The second kappa shape index (κ2) is 48.5. The first-order chi connectivity index (χ1) is 28.4. The highest BCUT2D eigenvalue weighted by molar-refractivity contribution is 7.45. The van der Waals surface area contributed by atoms with Gasteiger partial charge in [-0.1, -0.05) is 58.9 Å². The van der Waals surface area contributed by atoms with Crippen LogP contribution in [0, 0.1) is 5.82 Å². The zero-order chi connectivity index (χ0) is 47.1. The standard InChI is InChI=1S/C12H13FN2O.2C9H19N2O2P.C5H9NO2.C3H4O3.CH2O/c1-9(10(2)16)15-8-14-7-11-3-5-12(13)6-4-11;2*1-8(9(12)14)11-13-7-5-3-2-4-6-10;1-4(5(2)7)6-8-3;4-2-1-3(5)6;1-2/h3-7H,8H2,1-2H3;2*2-7,10,14H2,1H3;1-3H3;2H,1H2,(H,5,6);1H2/b;2*11-8-;6-4-;;. The number of carboxylic acid groups (broad SMARTS) is 1. The molecule has 0 fully saturated rings. The first kappa shape index (κ1) is 64.3. The third-order valence-corrected chi connectivity index (χ3v) is 7.34. The lowest BCUT2D eigenvalue weighted by Gasteiger charge is -2.00. The summed E-state index contributed by atoms with van der Waals surface area (Å²) >= 11 is 0. The number of rotatable bonds is 24. The number of carbonyl (C=O) groups excluding carboxylic acids is 6. The normalized spacial score (nSPS) is 10.9. The molecule has 0 amide bonds. The van der Waals surface area contributed by atoms with Crippen LogP contribution in [0.15, 0.2) is 49.7 Å². The van der Waals surface area contributed by atoms with E-state index in [9.17, 15) is 33.2 Å². The Bertz CT molecular complexity index is 1450. The van der Waals surface area contributed by atoms with Gasteiger partial charge in [0.05, 0.1) is 5.71 Å². The molecule has 0 aromatic heterocycles. The minimum absolute atomic E-state index is 0.0583. The maximum atomic E-state index is 12.6. The number of hydrogen-bond acceptors (Lipinski definition) is 17. The lowest BCUT2D eigenvalue weighted by atomic mass is 10.2. The molecule has 0 heterocycles. The SMILES string of the molecule is C/C(=N/OCCCCCCN)C(=O)P.C/C(=N/OCCCCCCN)C(=O)P.C=O.CC(=O)C(C)=NCN=Cc1ccc(F)cc1.CO/N=C(/C)C(C)=O.O=CCC(=O)O. The topological polar surface area (TPSA) is 281 Å². The predicted molar refractivity (Wildman–Crippen MR) is 241 cm³/mol. The number of carboxylic acids is 1. The molecule has 5 N–H and O–H groups in total. The summed E-state index contributed by atoms with van der Waals surface area (Å²) in [5, 5.41) is 18.4. The number of nitrogens with two attached hydrogens (primary N) is 2. The largest absolute Gasteiger partial charge is 0.481 e. The van der Waals surface area contributed by atoms with Crippen molar-refractivity contribution in [3.63, 3.8) is 0 Å². The molecule has 2 unspecified atom stereocenters. The highest BCUT2D eigenvalue weighted by Gasteiger charge is 1.99. The monoisotopic (exact) mass is 889 g/mol. The van der Waals surface area contributed by atoms with Gasteiger partial charge in [0.15, 0.2) is 22.6 Å². The first-order valence-corrected chi connectivity index (χ1v) is 19.7. The molecule has 340 valence electrons. The Morgan fingerprint density at radius 1 is 0.700 bits per heavy atom. The zero-order valence-corrected chi connectivity index (χ0v) is 38.3. The number of aldehydes is 1. The fourth-order valence-electron chi connectivity index (χ4n) is 2.93. The van der Waals surface area contributed by atoms with Crippen LogP contribution in [0.5, 0.6) is 0 Å². The van der Waals surface area contributed by atoms with Crippen LogP contribution in [0.1, 0.15) is 105 Å². The summed E-state index contributed by atoms with van der Waals surface area (Å²) in [6.45, 7) is 14.3. The summed E-state index contributed by atoms with van der Waals surface area (Å²) in [6.07, 6.45) is 10.1. The Morgan fingerprint density at radius 3 is 1.42 bits per heavy atom. The number of ketones is 2. The van der Waals surface area contributed by atoms with Crippen molar-refractivity contribution in [3.05, 3.63) is 35.6 Å². The Balaban J connectivity index is -0.000000215. The first-order valence-electron chi connectivity index (χ1n) is 18.5. The molecule has 60 heavy (non-hydrogen) atoms. The molecule has 1 rings (SSSR count). The Kier molecular flexibility index (Phi) is 52.0. The third kappa shape index (κ3) is 53.2. The average Bonchev–Trinajstić information content (AvgIpc) is 3.20. The van der Waals surface area contributed by atoms with E-state index in [-0.39, 0.29) is 41.5 Å². The number of aliphatic carboxylic acids is 1. The highest BCUT2D eigenvalue weighted by Crippen LogP contribution is 2.02. The minimum atomic E-state index is -1.08. The van der Waals surface area contributed by atoms with Crippen LogP contribution in [0.3, 0.4) is 0 Å². The van der Waals surface area contributed by atoms with Gasteiger partial charge >= 0.3 is 5.97 Å². The summed E-state index contributed by atoms with van der Waals surface area (Å²) in [5.74, 6) is -1.48. The van der Waals surface area contributed by atoms with Crippen LogP contribution >= 0.6 is 18.5 Å². The van der Waals surface area contributed by atoms with Crippen molar-refractivity contribution < 1.29 is 57.6 Å². The maximum absolute atomic E-state index is 12.6. The van der Waals surface area contributed by atoms with Crippen LogP contribution in [-0.2, 0) is 48.1 Å². The third-order valence-electron chi connectivity index (χ3n) is 6.50. The fraction of sp³-hybridized carbons (Fsp3) is 0.538. The molecule has 0 aliphatic carbocycles. The van der Waals surface area contributed by atoms with Gasteiger partial charge < -0.3 is 40.7 Å². The lowest BCUT2D eigenvalue weighted by molar-refractivity contribution is -0.138. The van der Waals surface area contributed by atoms with Crippen LogP contribution in [0.2, 0.25) is 0 Å². The number of oxime groups is 3. The van der Waals surface area contributed by atoms with Gasteiger partial charge in [0.1, 0.15) is 69.4 Å². The molecule has 1 aromatic carbocycles. The molecule has 18 nitrogen and oxygen atoms in total. The lowest BCUT2D eigenvalue weighted by Crippen LogP contribution is -2.04. The molecule has 0 radical (unpaired) electrons. The Morgan fingerprint density at radius 2 is 1.12 bits per heavy atom. The summed E-state index contributed by atoms with van der Waals surface area (Å²) < 4.78 is 12.6. The molecule has 0 bridgehead atoms. The second-order valence-corrected chi connectivity index (χ2v) is 12.7. The van der Waals surface area contributed by atoms with Gasteiger partial charge in [0, 0.05) is 20.1 Å². The van der Waals surface area contributed by atoms with E-state index in [0.29, 0.717) is 42.3 Å². The molecule has 0 spiro atoms. The number of benzene rings is 1. The summed E-state index contributed by atoms with van der Waals surface area (Å²) in [7, 11) is 5.52. The van der Waals surface area contributed by atoms with Crippen molar-refractivity contribution in [2.24, 2.45) is 36.9 Å². The molecule has 21 heteroatoms. The van der Waals surface area contributed by atoms with Crippen molar-refractivity contribution in [1.29, 1.82) is 0 Å². The summed E-state index contributed by atoms with van der Waals surface area (Å²) in [6, 6.07) is 5.98. The van der Waals surface area contributed by atoms with Gasteiger partial charge in [-0.2, -0.15) is 0 Å². The number of halogens is 1. The van der Waals surface area contributed by atoms with Crippen LogP contribution in [0.25, 0.3) is 0 Å². The summed E-state index contributed by atoms with van der Waals surface area (Å²) in [5.41, 5.74) is 12.9. The number of unbranched alkanes of at least 4 members (excludes halogenated alkanes) is 6. The van der Waals surface area contributed by atoms with Gasteiger partial charge in [0.2, 0.25) is 0 Å². The van der Waals surface area contributed by atoms with Crippen molar-refractivity contribution in [1.82, 2.24) is 0 Å². The number of hydrogen-bond donors (Lipinski definition) is 3. The number of carbonyl (C=O) groups is 7. The van der Waals surface area contributed by atoms with Crippen LogP contribution in [0.4, 0.5) is 4.39 Å². The number of nitrogens with zero attached hydrogens (tertiary/aromatic N) is 5. The fourth-order valence-corrected chi connectivity index (χ4v) is 3.04. The molecular weight excluding hydrogens is 823 g/mol. The molecular formula is C39H66FN7O11P2. The predicted octanol–water partition coefficient (Wildman–Crippen LogP) is 4.92. The molecule has 1 aromatic rings. The van der Waals surface area contributed by atoms with E-state index in [2.05, 4.69) is 48.8 Å². The number of Topliss-reactive ketones (excluding diaryl/α,β-unsaturated/α-hetero) is 2. The van der Waals surface area contributed by atoms with E-state index >= 15 is 0 Å². The van der Waals surface area contributed by atoms with Crippen molar-refractivity contribution in [2.45, 2.75) is 99.3 Å². The van der Waals surface area contributed by atoms with Crippen molar-refractivity contribution >= 4 is 89.2 Å². The van der Waals surface area contributed by atoms with E-state index < -0.39 is 5.97 Å². The van der Waals surface area contributed by atoms with E-state index in [1.54, 1.807) is 46.0 Å². The zero-order valence-electron chi connectivity index (χ0n) is 36.0. The van der Waals surface area contributed by atoms with E-state index in [4.69, 9.17) is 31.0 Å². The van der Waals surface area contributed by atoms with E-state index in [1.807, 2.05) is 6.79 Å². The van der Waals surface area contributed by atoms with Gasteiger partial charge in [-0.3, -0.25) is 34.0 Å². The van der Waals surface area contributed by atoms with Gasteiger partial charge in [-0.25, -0.2) is 4.39 Å². The van der Waals surface area contributed by atoms with Crippen LogP contribution in [-0.4, -0.2) is 116 Å². The minimum Gasteiger partial charge on any atom is -0.481 e. The van der Waals surface area contributed by atoms with Crippen molar-refractivity contribution in [2.75, 3.05) is 40.1 Å². The quantitative estimate of drug-likeness (QED) is 0.0311. The average molecular weight is 890 g/mol. The second-order valence-electron chi connectivity index (χ2n) is 11.6. The van der Waals surface area contributed by atoms with E-state index in [1.165, 1.54) is 33.1 Å². The number of aliphatic imine (C=N–C) groups is 2. The Labute approximate surface area is 358 Å². The molecule has 0 saturated heterocycles. The highest BCUT2D eigenvalue weighted by atomic mass is 31.0. The van der Waals surface area contributed by atoms with E-state index in [0.717, 1.165) is 70.0 Å². The molecule has 0 aliphatic rings. The van der Waals surface area contributed by atoms with Gasteiger partial charge in [0.25, 0.3) is 0 Å².